The van der Waals surface area contributed by atoms with Gasteiger partial charge in [-0.05, 0) is 47.2 Å². The van der Waals surface area contributed by atoms with Crippen LogP contribution in [-0.4, -0.2) is 9.97 Å². The molecule has 0 saturated carbocycles. The van der Waals surface area contributed by atoms with Crippen molar-refractivity contribution in [3.05, 3.63) is 33.7 Å². The molecule has 60 valence electrons. The van der Waals surface area contributed by atoms with Crippen LogP contribution in [0.4, 0.5) is 0 Å². The van der Waals surface area contributed by atoms with E-state index in [0.717, 1.165) is 14.6 Å². The Balaban J connectivity index is 2.86. The highest BCUT2D eigenvalue weighted by atomic mass is 127. The van der Waals surface area contributed by atoms with Gasteiger partial charge in [-0.1, -0.05) is 0 Å². The minimum atomic E-state index is 0.974. The Morgan fingerprint density at radius 1 is 1.33 bits per heavy atom. The van der Waals surface area contributed by atoms with Gasteiger partial charge >= 0.3 is 0 Å². The molecule has 0 bridgehead atoms. The summed E-state index contributed by atoms with van der Waals surface area (Å²) in [4.78, 5) is 8.55. The Bertz CT molecular complexity index is 426. The molecule has 2 heterocycles. The largest absolute Gasteiger partial charge is 0.255 e. The first kappa shape index (κ1) is 7.91. The molecule has 0 aromatic carbocycles. The van der Waals surface area contributed by atoms with Gasteiger partial charge in [0, 0.05) is 16.0 Å². The van der Waals surface area contributed by atoms with Crippen LogP contribution in [0.1, 0.15) is 5.56 Å². The first-order chi connectivity index (χ1) is 5.77. The molecule has 2 aromatic heterocycles. The third kappa shape index (κ3) is 1.29. The lowest BCUT2D eigenvalue weighted by molar-refractivity contribution is 1.28. The van der Waals surface area contributed by atoms with E-state index < -0.39 is 0 Å². The molecule has 2 nitrogen and oxygen atoms in total. The first-order valence-electron chi connectivity index (χ1n) is 3.64. The van der Waals surface area contributed by atoms with Crippen molar-refractivity contribution >= 4 is 33.6 Å². The summed E-state index contributed by atoms with van der Waals surface area (Å²) < 4.78 is 1.12. The van der Waals surface area contributed by atoms with E-state index in [2.05, 4.69) is 32.6 Å². The van der Waals surface area contributed by atoms with Gasteiger partial charge in [0.1, 0.15) is 0 Å². The summed E-state index contributed by atoms with van der Waals surface area (Å²) in [5, 5.41) is 0. The molecule has 0 radical (unpaired) electrons. The molecule has 0 N–H and O–H groups in total. The van der Waals surface area contributed by atoms with Crippen molar-refractivity contribution in [1.82, 2.24) is 9.97 Å². The Labute approximate surface area is 84.2 Å². The van der Waals surface area contributed by atoms with Crippen LogP contribution in [-0.2, 0) is 0 Å². The molecule has 2 rings (SSSR count). The predicted octanol–water partition coefficient (Wildman–Crippen LogP) is 2.54. The second-order valence-corrected chi connectivity index (χ2v) is 3.89. The number of halogens is 1. The summed E-state index contributed by atoms with van der Waals surface area (Å²) in [5.74, 6) is 0. The summed E-state index contributed by atoms with van der Waals surface area (Å²) >= 11 is 2.24. The Morgan fingerprint density at radius 2 is 2.17 bits per heavy atom. The summed E-state index contributed by atoms with van der Waals surface area (Å²) in [6, 6.07) is 4.01. The second kappa shape index (κ2) is 2.97. The smallest absolute Gasteiger partial charge is 0.0916 e. The lowest BCUT2D eigenvalue weighted by Gasteiger charge is -1.98. The fraction of sp³-hybridized carbons (Fsp3) is 0.111. The van der Waals surface area contributed by atoms with Crippen molar-refractivity contribution < 1.29 is 0 Å². The molecule has 0 amide bonds. The van der Waals surface area contributed by atoms with E-state index in [-0.39, 0.29) is 0 Å². The molecule has 3 heteroatoms. The van der Waals surface area contributed by atoms with E-state index in [1.165, 1.54) is 5.56 Å². The topological polar surface area (TPSA) is 25.8 Å². The van der Waals surface area contributed by atoms with Crippen molar-refractivity contribution in [1.29, 1.82) is 0 Å². The SMILES string of the molecule is Cc1ccnc2cc(I)cnc12. The number of rotatable bonds is 0. The lowest BCUT2D eigenvalue weighted by atomic mass is 10.2. The molecule has 0 spiro atoms. The second-order valence-electron chi connectivity index (χ2n) is 2.65. The molecule has 0 aliphatic carbocycles. The Morgan fingerprint density at radius 3 is 3.00 bits per heavy atom. The summed E-state index contributed by atoms with van der Waals surface area (Å²) in [6.07, 6.45) is 3.67. The number of aromatic nitrogens is 2. The average Bonchev–Trinajstić information content (AvgIpc) is 2.04. The van der Waals surface area contributed by atoms with E-state index >= 15 is 0 Å². The van der Waals surface area contributed by atoms with Gasteiger partial charge in [0.2, 0.25) is 0 Å². The maximum Gasteiger partial charge on any atom is 0.0916 e. The first-order valence-corrected chi connectivity index (χ1v) is 4.72. The monoisotopic (exact) mass is 270 g/mol. The number of hydrogen-bond donors (Lipinski definition) is 0. The molecule has 0 aliphatic rings. The quantitative estimate of drug-likeness (QED) is 0.687. The van der Waals surface area contributed by atoms with E-state index in [1.54, 1.807) is 0 Å². The van der Waals surface area contributed by atoms with Gasteiger partial charge in [-0.15, -0.1) is 0 Å². The Kier molecular flexibility index (Phi) is 1.96. The number of hydrogen-bond acceptors (Lipinski definition) is 2. The summed E-state index contributed by atoms with van der Waals surface area (Å²) in [7, 11) is 0. The number of fused-ring (bicyclic) bond motifs is 1. The van der Waals surface area contributed by atoms with Gasteiger partial charge in [0.05, 0.1) is 11.0 Å². The molecule has 0 saturated heterocycles. The number of nitrogens with zero attached hydrogens (tertiary/aromatic N) is 2. The average molecular weight is 270 g/mol. The van der Waals surface area contributed by atoms with Gasteiger partial charge in [-0.25, -0.2) is 0 Å². The van der Waals surface area contributed by atoms with Crippen LogP contribution >= 0.6 is 22.6 Å². The van der Waals surface area contributed by atoms with Gasteiger partial charge in [-0.3, -0.25) is 9.97 Å². The molecule has 0 atom stereocenters. The predicted molar refractivity (Wildman–Crippen MR) is 57.0 cm³/mol. The zero-order valence-electron chi connectivity index (χ0n) is 6.58. The van der Waals surface area contributed by atoms with E-state index in [9.17, 15) is 0 Å². The van der Waals surface area contributed by atoms with Crippen molar-refractivity contribution in [2.24, 2.45) is 0 Å². The molecule has 2 aromatic rings. The van der Waals surface area contributed by atoms with Gasteiger partial charge in [0.25, 0.3) is 0 Å². The van der Waals surface area contributed by atoms with Crippen LogP contribution in [0.25, 0.3) is 11.0 Å². The van der Waals surface area contributed by atoms with Crippen molar-refractivity contribution in [3.63, 3.8) is 0 Å². The van der Waals surface area contributed by atoms with Crippen LogP contribution < -0.4 is 0 Å². The minimum absolute atomic E-state index is 0.974. The molecular weight excluding hydrogens is 263 g/mol. The van der Waals surface area contributed by atoms with Gasteiger partial charge in [0.15, 0.2) is 0 Å². The molecular formula is C9H7IN2. The van der Waals surface area contributed by atoms with Crippen LogP contribution in [0.5, 0.6) is 0 Å². The maximum absolute atomic E-state index is 4.31. The Hall–Kier alpha value is -0.710. The third-order valence-electron chi connectivity index (χ3n) is 1.75. The summed E-state index contributed by atoms with van der Waals surface area (Å²) in [6.45, 7) is 2.05. The molecule has 0 fully saturated rings. The van der Waals surface area contributed by atoms with Crippen molar-refractivity contribution in [3.8, 4) is 0 Å². The molecule has 0 unspecified atom stereocenters. The standard InChI is InChI=1S/C9H7IN2/c1-6-2-3-11-8-4-7(10)5-12-9(6)8/h2-5H,1H3. The van der Waals surface area contributed by atoms with Crippen LogP contribution in [0.2, 0.25) is 0 Å². The third-order valence-corrected chi connectivity index (χ3v) is 2.34. The minimum Gasteiger partial charge on any atom is -0.255 e. The lowest BCUT2D eigenvalue weighted by Crippen LogP contribution is -1.86. The van der Waals surface area contributed by atoms with E-state index in [1.807, 2.05) is 31.5 Å². The van der Waals surface area contributed by atoms with E-state index in [4.69, 9.17) is 0 Å². The highest BCUT2D eigenvalue weighted by Gasteiger charge is 1.98. The van der Waals surface area contributed by atoms with Crippen LogP contribution in [0.15, 0.2) is 24.5 Å². The maximum atomic E-state index is 4.31. The van der Waals surface area contributed by atoms with Gasteiger partial charge < -0.3 is 0 Å². The van der Waals surface area contributed by atoms with Crippen LogP contribution in [0.3, 0.4) is 0 Å². The molecule has 0 aliphatic heterocycles. The normalized spacial score (nSPS) is 10.5. The highest BCUT2D eigenvalue weighted by molar-refractivity contribution is 14.1. The van der Waals surface area contributed by atoms with Crippen LogP contribution in [0, 0.1) is 10.5 Å². The summed E-state index contributed by atoms with van der Waals surface area (Å²) in [5.41, 5.74) is 3.15. The van der Waals surface area contributed by atoms with Gasteiger partial charge in [-0.2, -0.15) is 0 Å². The number of pyridine rings is 2. The molecule has 12 heavy (non-hydrogen) atoms. The van der Waals surface area contributed by atoms with Crippen molar-refractivity contribution in [2.45, 2.75) is 6.92 Å². The zero-order chi connectivity index (χ0) is 8.55. The highest BCUT2D eigenvalue weighted by Crippen LogP contribution is 2.14. The van der Waals surface area contributed by atoms with E-state index in [0.29, 0.717) is 0 Å². The fourth-order valence-electron chi connectivity index (χ4n) is 1.14. The van der Waals surface area contributed by atoms with Crippen molar-refractivity contribution in [2.75, 3.05) is 0 Å². The number of aryl methyl sites for hydroxylation is 1. The fourth-order valence-corrected chi connectivity index (χ4v) is 1.57. The zero-order valence-corrected chi connectivity index (χ0v) is 8.74.